The van der Waals surface area contributed by atoms with Gasteiger partial charge in [0.2, 0.25) is 5.91 Å². The molecule has 5 nitrogen and oxygen atoms in total. The van der Waals surface area contributed by atoms with Gasteiger partial charge >= 0.3 is 5.97 Å². The zero-order chi connectivity index (χ0) is 11.8. The van der Waals surface area contributed by atoms with Crippen LogP contribution in [0.1, 0.15) is 25.7 Å². The number of likely N-dealkylation sites (tertiary alicyclic amines) is 1. The van der Waals surface area contributed by atoms with Crippen LogP contribution in [0.25, 0.3) is 0 Å². The number of carbonyl (C=O) groups excluding carboxylic acids is 1. The number of piperidine rings is 1. The molecule has 2 fully saturated rings. The van der Waals surface area contributed by atoms with Crippen molar-refractivity contribution in [3.63, 3.8) is 0 Å². The van der Waals surface area contributed by atoms with Crippen LogP contribution < -0.4 is 5.73 Å². The van der Waals surface area contributed by atoms with Crippen LogP contribution in [0.4, 0.5) is 0 Å². The van der Waals surface area contributed by atoms with Crippen LogP contribution in [0.2, 0.25) is 0 Å². The molecule has 0 spiro atoms. The average Bonchev–Trinajstić information content (AvgIpc) is 3.09. The molecule has 90 valence electrons. The first-order valence-corrected chi connectivity index (χ1v) is 5.81. The number of rotatable bonds is 3. The molecule has 1 heterocycles. The van der Waals surface area contributed by atoms with E-state index >= 15 is 0 Å². The Bertz CT molecular complexity index is 304. The molecule has 3 N–H and O–H groups in total. The van der Waals surface area contributed by atoms with Crippen molar-refractivity contribution >= 4 is 11.9 Å². The SMILES string of the molecule is NCC1(C(=O)N2CCC(C(=O)O)CC2)CC1. The van der Waals surface area contributed by atoms with Gasteiger partial charge < -0.3 is 15.7 Å². The maximum absolute atomic E-state index is 12.1. The lowest BCUT2D eigenvalue weighted by Gasteiger charge is -2.32. The van der Waals surface area contributed by atoms with Gasteiger partial charge in [0.1, 0.15) is 0 Å². The molecule has 0 atom stereocenters. The minimum absolute atomic E-state index is 0.138. The molecule has 0 aromatic carbocycles. The van der Waals surface area contributed by atoms with E-state index in [1.807, 2.05) is 0 Å². The van der Waals surface area contributed by atoms with Crippen LogP contribution >= 0.6 is 0 Å². The highest BCUT2D eigenvalue weighted by Gasteiger charge is 2.50. The number of amides is 1. The van der Waals surface area contributed by atoms with Crippen molar-refractivity contribution in [1.29, 1.82) is 0 Å². The summed E-state index contributed by atoms with van der Waals surface area (Å²) in [6, 6.07) is 0. The van der Waals surface area contributed by atoms with Gasteiger partial charge in [-0.1, -0.05) is 0 Å². The summed E-state index contributed by atoms with van der Waals surface area (Å²) in [5.41, 5.74) is 5.31. The largest absolute Gasteiger partial charge is 0.481 e. The van der Waals surface area contributed by atoms with Gasteiger partial charge in [0.15, 0.2) is 0 Å². The highest BCUT2D eigenvalue weighted by molar-refractivity contribution is 5.86. The maximum Gasteiger partial charge on any atom is 0.306 e. The standard InChI is InChI=1S/C11H18N2O3/c12-7-11(3-4-11)10(16)13-5-1-8(2-6-13)9(14)15/h8H,1-7,12H2,(H,14,15). The van der Waals surface area contributed by atoms with Gasteiger partial charge in [-0.05, 0) is 25.7 Å². The summed E-state index contributed by atoms with van der Waals surface area (Å²) < 4.78 is 0. The highest BCUT2D eigenvalue weighted by Crippen LogP contribution is 2.46. The lowest BCUT2D eigenvalue weighted by molar-refractivity contribution is -0.147. The molecular formula is C11H18N2O3. The maximum atomic E-state index is 12.1. The van der Waals surface area contributed by atoms with Crippen molar-refractivity contribution in [3.05, 3.63) is 0 Å². The second-order valence-electron chi connectivity index (χ2n) is 4.89. The molecular weight excluding hydrogens is 208 g/mol. The molecule has 0 aromatic heterocycles. The molecule has 0 radical (unpaired) electrons. The first-order valence-electron chi connectivity index (χ1n) is 5.81. The Morgan fingerprint density at radius 3 is 2.25 bits per heavy atom. The number of carboxylic acids is 1. The Kier molecular flexibility index (Phi) is 2.88. The molecule has 2 aliphatic rings. The fourth-order valence-corrected chi connectivity index (χ4v) is 2.32. The number of hydrogen-bond donors (Lipinski definition) is 2. The summed E-state index contributed by atoms with van der Waals surface area (Å²) in [6.07, 6.45) is 2.92. The number of carbonyl (C=O) groups is 2. The van der Waals surface area contributed by atoms with Crippen LogP contribution in [0.5, 0.6) is 0 Å². The quantitative estimate of drug-likeness (QED) is 0.712. The third-order valence-corrected chi connectivity index (χ3v) is 3.83. The summed E-state index contributed by atoms with van der Waals surface area (Å²) in [4.78, 5) is 24.7. The van der Waals surface area contributed by atoms with E-state index in [4.69, 9.17) is 10.8 Å². The summed E-state index contributed by atoms with van der Waals surface area (Å²) >= 11 is 0. The average molecular weight is 226 g/mol. The summed E-state index contributed by atoms with van der Waals surface area (Å²) in [6.45, 7) is 1.56. The van der Waals surface area contributed by atoms with Crippen LogP contribution in [0.3, 0.4) is 0 Å². The first kappa shape index (κ1) is 11.4. The number of carboxylic acid groups (broad SMARTS) is 1. The van der Waals surface area contributed by atoms with E-state index in [1.54, 1.807) is 4.90 Å². The second kappa shape index (κ2) is 4.05. The lowest BCUT2D eigenvalue weighted by atomic mass is 9.95. The summed E-state index contributed by atoms with van der Waals surface area (Å²) in [5, 5.41) is 8.86. The Morgan fingerprint density at radius 1 is 1.31 bits per heavy atom. The van der Waals surface area contributed by atoms with Crippen molar-refractivity contribution in [2.75, 3.05) is 19.6 Å². The molecule has 1 amide bonds. The smallest absolute Gasteiger partial charge is 0.306 e. The van der Waals surface area contributed by atoms with E-state index in [2.05, 4.69) is 0 Å². The normalized spacial score (nSPS) is 24.2. The zero-order valence-corrected chi connectivity index (χ0v) is 9.32. The van der Waals surface area contributed by atoms with Crippen molar-refractivity contribution in [2.24, 2.45) is 17.1 Å². The highest BCUT2D eigenvalue weighted by atomic mass is 16.4. The van der Waals surface area contributed by atoms with Crippen molar-refractivity contribution in [1.82, 2.24) is 4.90 Å². The fourth-order valence-electron chi connectivity index (χ4n) is 2.32. The van der Waals surface area contributed by atoms with E-state index in [1.165, 1.54) is 0 Å². The van der Waals surface area contributed by atoms with E-state index < -0.39 is 5.97 Å². The topological polar surface area (TPSA) is 83.6 Å². The molecule has 1 saturated heterocycles. The van der Waals surface area contributed by atoms with Gasteiger partial charge in [-0.3, -0.25) is 9.59 Å². The molecule has 0 bridgehead atoms. The van der Waals surface area contributed by atoms with Crippen molar-refractivity contribution in [3.8, 4) is 0 Å². The molecule has 2 rings (SSSR count). The van der Waals surface area contributed by atoms with Gasteiger partial charge in [-0.15, -0.1) is 0 Å². The first-order chi connectivity index (χ1) is 7.59. The van der Waals surface area contributed by atoms with E-state index in [9.17, 15) is 9.59 Å². The Labute approximate surface area is 94.6 Å². The minimum Gasteiger partial charge on any atom is -0.481 e. The van der Waals surface area contributed by atoms with Crippen LogP contribution in [-0.4, -0.2) is 41.5 Å². The Hall–Kier alpha value is -1.10. The third kappa shape index (κ3) is 1.91. The molecule has 5 heteroatoms. The van der Waals surface area contributed by atoms with Gasteiger partial charge in [0, 0.05) is 19.6 Å². The van der Waals surface area contributed by atoms with Gasteiger partial charge in [-0.2, -0.15) is 0 Å². The molecule has 1 aliphatic carbocycles. The fraction of sp³-hybridized carbons (Fsp3) is 0.818. The minimum atomic E-state index is -0.743. The van der Waals surface area contributed by atoms with Crippen LogP contribution in [-0.2, 0) is 9.59 Å². The molecule has 0 unspecified atom stereocenters. The second-order valence-corrected chi connectivity index (χ2v) is 4.89. The van der Waals surface area contributed by atoms with E-state index in [0.29, 0.717) is 32.5 Å². The monoisotopic (exact) mass is 226 g/mol. The molecule has 1 aliphatic heterocycles. The molecule has 0 aromatic rings. The number of nitrogens with two attached hydrogens (primary N) is 1. The molecule has 1 saturated carbocycles. The van der Waals surface area contributed by atoms with E-state index in [-0.39, 0.29) is 17.2 Å². The summed E-state index contributed by atoms with van der Waals surface area (Å²) in [5.74, 6) is -0.886. The predicted octanol–water partition coefficient (Wildman–Crippen LogP) is 0.0485. The number of aliphatic carboxylic acids is 1. The van der Waals surface area contributed by atoms with Gasteiger partial charge in [-0.25, -0.2) is 0 Å². The van der Waals surface area contributed by atoms with E-state index in [0.717, 1.165) is 12.8 Å². The predicted molar refractivity (Wildman–Crippen MR) is 57.7 cm³/mol. The van der Waals surface area contributed by atoms with Crippen LogP contribution in [0, 0.1) is 11.3 Å². The van der Waals surface area contributed by atoms with Crippen molar-refractivity contribution in [2.45, 2.75) is 25.7 Å². The Morgan fingerprint density at radius 2 is 1.88 bits per heavy atom. The van der Waals surface area contributed by atoms with Crippen LogP contribution in [0.15, 0.2) is 0 Å². The lowest BCUT2D eigenvalue weighted by Crippen LogP contribution is -2.45. The number of nitrogens with zero attached hydrogens (tertiary/aromatic N) is 1. The number of hydrogen-bond acceptors (Lipinski definition) is 3. The van der Waals surface area contributed by atoms with Gasteiger partial charge in [0.05, 0.1) is 11.3 Å². The molecule has 16 heavy (non-hydrogen) atoms. The third-order valence-electron chi connectivity index (χ3n) is 3.83. The summed E-state index contributed by atoms with van der Waals surface area (Å²) in [7, 11) is 0. The zero-order valence-electron chi connectivity index (χ0n) is 9.32. The Balaban J connectivity index is 1.89. The van der Waals surface area contributed by atoms with Crippen molar-refractivity contribution < 1.29 is 14.7 Å². The van der Waals surface area contributed by atoms with Gasteiger partial charge in [0.25, 0.3) is 0 Å².